The molecule has 1 amide bonds. The number of nitriles is 1. The van der Waals surface area contributed by atoms with Crippen molar-refractivity contribution in [2.45, 2.75) is 33.9 Å². The normalized spacial score (nSPS) is 10.8. The number of aromatic nitrogens is 1. The van der Waals surface area contributed by atoms with Crippen molar-refractivity contribution in [3.05, 3.63) is 75.9 Å². The van der Waals surface area contributed by atoms with Gasteiger partial charge in [0.1, 0.15) is 29.0 Å². The summed E-state index contributed by atoms with van der Waals surface area (Å²) in [6.07, 6.45) is 0. The van der Waals surface area contributed by atoms with Crippen LogP contribution in [0.3, 0.4) is 0 Å². The Balaban J connectivity index is 1.74. The van der Waals surface area contributed by atoms with Crippen LogP contribution in [0.2, 0.25) is 0 Å². The fourth-order valence-corrected chi connectivity index (χ4v) is 3.77. The largest absolute Gasteiger partial charge is 0.465 e. The molecule has 0 bridgehead atoms. The highest BCUT2D eigenvalue weighted by atomic mass is 16.5. The van der Waals surface area contributed by atoms with E-state index >= 15 is 0 Å². The third-order valence-electron chi connectivity index (χ3n) is 5.60. The van der Waals surface area contributed by atoms with E-state index in [-0.39, 0.29) is 12.5 Å². The van der Waals surface area contributed by atoms with Crippen molar-refractivity contribution >= 4 is 17.7 Å². The number of nitrogens with one attached hydrogen (secondary N) is 1. The van der Waals surface area contributed by atoms with Gasteiger partial charge in [-0.05, 0) is 45.0 Å². The van der Waals surface area contributed by atoms with Gasteiger partial charge in [0.25, 0.3) is 0 Å². The molecule has 1 N–H and O–H groups in total. The predicted octanol–water partition coefficient (Wildman–Crippen LogP) is 3.78. The van der Waals surface area contributed by atoms with E-state index in [0.29, 0.717) is 41.6 Å². The first-order valence-corrected chi connectivity index (χ1v) is 10.5. The number of ether oxygens (including phenoxy) is 1. The molecular weight excluding hydrogens is 420 g/mol. The van der Waals surface area contributed by atoms with Crippen LogP contribution in [0, 0.1) is 32.1 Å². The number of anilines is 1. The molecule has 0 aliphatic carbocycles. The van der Waals surface area contributed by atoms with E-state index in [4.69, 9.17) is 9.15 Å². The number of carbonyl (C=O) groups is 2. The molecule has 172 valence electrons. The molecule has 3 rings (SSSR count). The van der Waals surface area contributed by atoms with Gasteiger partial charge in [0, 0.05) is 12.2 Å². The molecule has 0 saturated heterocycles. The fourth-order valence-electron chi connectivity index (χ4n) is 3.77. The lowest BCUT2D eigenvalue weighted by Gasteiger charge is -2.17. The van der Waals surface area contributed by atoms with Gasteiger partial charge in [0.2, 0.25) is 5.91 Å². The Morgan fingerprint density at radius 1 is 1.21 bits per heavy atom. The molecule has 8 heteroatoms. The molecule has 0 unspecified atom stereocenters. The molecule has 33 heavy (non-hydrogen) atoms. The smallest absolute Gasteiger partial charge is 0.341 e. The lowest BCUT2D eigenvalue weighted by Crippen LogP contribution is -2.30. The van der Waals surface area contributed by atoms with Crippen molar-refractivity contribution in [3.63, 3.8) is 0 Å². The van der Waals surface area contributed by atoms with Gasteiger partial charge in [0.15, 0.2) is 0 Å². The third kappa shape index (κ3) is 5.33. The van der Waals surface area contributed by atoms with Gasteiger partial charge in [-0.15, -0.1) is 0 Å². The lowest BCUT2D eigenvalue weighted by molar-refractivity contribution is -0.117. The van der Waals surface area contributed by atoms with Crippen LogP contribution in [0.15, 0.2) is 40.8 Å². The standard InChI is InChI=1S/C25H28N4O4/c1-16-17(2)29(13-19-9-7-6-8-10-19)24(22(16)12-26)27-23(30)15-28(4)14-20-11-21(18(3)33-20)25(31)32-5/h6-11H,13-15H2,1-5H3,(H,27,30). The first-order valence-electron chi connectivity index (χ1n) is 10.5. The van der Waals surface area contributed by atoms with Crippen LogP contribution in [0.1, 0.15) is 44.3 Å². The van der Waals surface area contributed by atoms with Crippen molar-refractivity contribution in [1.82, 2.24) is 9.47 Å². The summed E-state index contributed by atoms with van der Waals surface area (Å²) in [6, 6.07) is 13.7. The number of furan rings is 1. The van der Waals surface area contributed by atoms with Gasteiger partial charge in [-0.2, -0.15) is 5.26 Å². The number of aryl methyl sites for hydroxylation is 1. The maximum absolute atomic E-state index is 12.9. The zero-order valence-electron chi connectivity index (χ0n) is 19.6. The highest BCUT2D eigenvalue weighted by Crippen LogP contribution is 2.27. The van der Waals surface area contributed by atoms with E-state index in [1.807, 2.05) is 48.7 Å². The third-order valence-corrected chi connectivity index (χ3v) is 5.60. The van der Waals surface area contributed by atoms with Crippen LogP contribution in [-0.2, 0) is 22.6 Å². The molecule has 2 heterocycles. The highest BCUT2D eigenvalue weighted by molar-refractivity contribution is 5.93. The number of carbonyl (C=O) groups excluding carboxylic acids is 2. The van der Waals surface area contributed by atoms with Crippen molar-refractivity contribution in [2.24, 2.45) is 0 Å². The summed E-state index contributed by atoms with van der Waals surface area (Å²) in [6.45, 7) is 6.47. The van der Waals surface area contributed by atoms with Crippen molar-refractivity contribution in [1.29, 1.82) is 5.26 Å². The number of hydrogen-bond acceptors (Lipinski definition) is 6. The zero-order chi connectivity index (χ0) is 24.1. The van der Waals surface area contributed by atoms with E-state index in [1.54, 1.807) is 24.9 Å². The molecule has 0 saturated carbocycles. The van der Waals surface area contributed by atoms with E-state index in [0.717, 1.165) is 16.8 Å². The molecule has 0 spiro atoms. The number of nitrogens with zero attached hydrogens (tertiary/aromatic N) is 3. The minimum Gasteiger partial charge on any atom is -0.465 e. The number of rotatable bonds is 8. The van der Waals surface area contributed by atoms with Gasteiger partial charge in [-0.1, -0.05) is 30.3 Å². The van der Waals surface area contributed by atoms with Crippen LogP contribution in [0.25, 0.3) is 0 Å². The van der Waals surface area contributed by atoms with Crippen LogP contribution < -0.4 is 5.32 Å². The van der Waals surface area contributed by atoms with E-state index < -0.39 is 5.97 Å². The fraction of sp³-hybridized carbons (Fsp3) is 0.320. The summed E-state index contributed by atoms with van der Waals surface area (Å²) in [4.78, 5) is 26.4. The highest BCUT2D eigenvalue weighted by Gasteiger charge is 2.21. The minimum absolute atomic E-state index is 0.0762. The Bertz CT molecular complexity index is 1200. The maximum Gasteiger partial charge on any atom is 0.341 e. The number of benzene rings is 1. The van der Waals surface area contributed by atoms with Crippen LogP contribution in [0.4, 0.5) is 5.82 Å². The van der Waals surface area contributed by atoms with Gasteiger partial charge in [-0.25, -0.2) is 4.79 Å². The Hall–Kier alpha value is -3.83. The quantitative estimate of drug-likeness (QED) is 0.527. The average Bonchev–Trinajstić information content (AvgIpc) is 3.25. The van der Waals surface area contributed by atoms with Gasteiger partial charge in [0.05, 0.1) is 25.8 Å². The monoisotopic (exact) mass is 448 g/mol. The number of likely N-dealkylation sites (N-methyl/N-ethyl adjacent to an activating group) is 1. The first-order chi connectivity index (χ1) is 15.7. The average molecular weight is 449 g/mol. The lowest BCUT2D eigenvalue weighted by atomic mass is 10.2. The molecule has 0 radical (unpaired) electrons. The maximum atomic E-state index is 12.9. The number of amides is 1. The molecule has 1 aromatic carbocycles. The summed E-state index contributed by atoms with van der Waals surface area (Å²) < 4.78 is 12.3. The van der Waals surface area contributed by atoms with Gasteiger partial charge >= 0.3 is 5.97 Å². The summed E-state index contributed by atoms with van der Waals surface area (Å²) in [7, 11) is 3.09. The Morgan fingerprint density at radius 2 is 1.91 bits per heavy atom. The van der Waals surface area contributed by atoms with Crippen LogP contribution in [0.5, 0.6) is 0 Å². The van der Waals surface area contributed by atoms with E-state index in [1.165, 1.54) is 7.11 Å². The molecule has 0 fully saturated rings. The number of hydrogen-bond donors (Lipinski definition) is 1. The van der Waals surface area contributed by atoms with Gasteiger partial charge < -0.3 is 19.0 Å². The molecule has 0 atom stereocenters. The second-order valence-electron chi connectivity index (χ2n) is 8.01. The molecule has 0 aliphatic heterocycles. The van der Waals surface area contributed by atoms with Crippen molar-refractivity contribution in [2.75, 3.05) is 26.0 Å². The van der Waals surface area contributed by atoms with Crippen molar-refractivity contribution in [3.8, 4) is 6.07 Å². The predicted molar refractivity (Wildman–Crippen MR) is 124 cm³/mol. The molecule has 8 nitrogen and oxygen atoms in total. The molecular formula is C25H28N4O4. The summed E-state index contributed by atoms with van der Waals surface area (Å²) in [5.74, 6) is 0.809. The first kappa shape index (κ1) is 23.8. The molecule has 2 aromatic heterocycles. The topological polar surface area (TPSA) is 101 Å². The van der Waals surface area contributed by atoms with Gasteiger partial charge in [-0.3, -0.25) is 9.69 Å². The zero-order valence-corrected chi connectivity index (χ0v) is 19.6. The Labute approximate surface area is 193 Å². The summed E-state index contributed by atoms with van der Waals surface area (Å²) >= 11 is 0. The second-order valence-corrected chi connectivity index (χ2v) is 8.01. The van der Waals surface area contributed by atoms with E-state index in [2.05, 4.69) is 11.4 Å². The summed E-state index contributed by atoms with van der Waals surface area (Å²) in [5.41, 5.74) is 3.68. The Kier molecular flexibility index (Phi) is 7.36. The second kappa shape index (κ2) is 10.2. The Morgan fingerprint density at radius 3 is 2.55 bits per heavy atom. The van der Waals surface area contributed by atoms with Crippen LogP contribution in [-0.4, -0.2) is 42.0 Å². The van der Waals surface area contributed by atoms with E-state index in [9.17, 15) is 14.9 Å². The number of methoxy groups -OCH3 is 1. The molecule has 3 aromatic rings. The minimum atomic E-state index is -0.461. The SMILES string of the molecule is COC(=O)c1cc(CN(C)CC(=O)Nc2c(C#N)c(C)c(C)n2Cc2ccccc2)oc1C. The molecule has 0 aliphatic rings. The summed E-state index contributed by atoms with van der Waals surface area (Å²) in [5, 5.41) is 12.6. The van der Waals surface area contributed by atoms with Crippen LogP contribution >= 0.6 is 0 Å². The number of esters is 1. The van der Waals surface area contributed by atoms with Crippen molar-refractivity contribution < 1.29 is 18.7 Å².